The van der Waals surface area contributed by atoms with Crippen molar-refractivity contribution in [3.63, 3.8) is 0 Å². The lowest BCUT2D eigenvalue weighted by molar-refractivity contribution is -0.127. The molecule has 2 rings (SSSR count). The SMILES string of the molecule is Cc1cc(C)n(CCNC(=O)COCC2CCCCO2)c(=O)n1. The second-order valence-electron chi connectivity index (χ2n) is 5.83. The fourth-order valence-corrected chi connectivity index (χ4v) is 2.63. The van der Waals surface area contributed by atoms with E-state index in [2.05, 4.69) is 10.3 Å². The minimum Gasteiger partial charge on any atom is -0.376 e. The summed E-state index contributed by atoms with van der Waals surface area (Å²) < 4.78 is 12.5. The molecule has 23 heavy (non-hydrogen) atoms. The molecule has 128 valence electrons. The van der Waals surface area contributed by atoms with Crippen LogP contribution in [0, 0.1) is 13.8 Å². The standard InChI is InChI=1S/C16H25N3O4/c1-12-9-13(2)19(16(21)18-12)7-6-17-15(20)11-22-10-14-5-3-4-8-23-14/h9,14H,3-8,10-11H2,1-2H3,(H,17,20). The number of carbonyl (C=O) groups is 1. The molecular formula is C16H25N3O4. The Morgan fingerprint density at radius 3 is 3.00 bits per heavy atom. The molecule has 7 heteroatoms. The number of aryl methyl sites for hydroxylation is 2. The summed E-state index contributed by atoms with van der Waals surface area (Å²) in [4.78, 5) is 27.4. The molecule has 1 aliphatic heterocycles. The van der Waals surface area contributed by atoms with E-state index in [0.29, 0.717) is 25.4 Å². The van der Waals surface area contributed by atoms with Crippen molar-refractivity contribution in [1.29, 1.82) is 0 Å². The Morgan fingerprint density at radius 2 is 2.30 bits per heavy atom. The highest BCUT2D eigenvalue weighted by atomic mass is 16.5. The molecule has 0 radical (unpaired) electrons. The van der Waals surface area contributed by atoms with Gasteiger partial charge in [0.15, 0.2) is 0 Å². The molecule has 1 saturated heterocycles. The lowest BCUT2D eigenvalue weighted by Crippen LogP contribution is -2.35. The Hall–Kier alpha value is -1.73. The van der Waals surface area contributed by atoms with Gasteiger partial charge in [-0.05, 0) is 39.2 Å². The zero-order valence-corrected chi connectivity index (χ0v) is 13.8. The number of rotatable bonds is 7. The molecule has 0 aromatic carbocycles. The Bertz CT molecular complexity index is 579. The van der Waals surface area contributed by atoms with E-state index < -0.39 is 0 Å². The van der Waals surface area contributed by atoms with Crippen LogP contribution < -0.4 is 11.0 Å². The van der Waals surface area contributed by atoms with Crippen LogP contribution in [-0.2, 0) is 20.8 Å². The minimum absolute atomic E-state index is 0.0138. The van der Waals surface area contributed by atoms with Crippen LogP contribution in [-0.4, -0.2) is 47.9 Å². The molecule has 1 amide bonds. The summed E-state index contributed by atoms with van der Waals surface area (Å²) in [6.45, 7) is 5.65. The van der Waals surface area contributed by atoms with Gasteiger partial charge < -0.3 is 14.8 Å². The smallest absolute Gasteiger partial charge is 0.348 e. The number of amides is 1. The van der Waals surface area contributed by atoms with E-state index in [1.54, 1.807) is 11.5 Å². The molecule has 7 nitrogen and oxygen atoms in total. The maximum absolute atomic E-state index is 11.8. The van der Waals surface area contributed by atoms with Gasteiger partial charge in [-0.2, -0.15) is 4.98 Å². The van der Waals surface area contributed by atoms with Crippen LogP contribution in [0.25, 0.3) is 0 Å². The number of hydrogen-bond acceptors (Lipinski definition) is 5. The van der Waals surface area contributed by atoms with Gasteiger partial charge in [0.25, 0.3) is 0 Å². The summed E-state index contributed by atoms with van der Waals surface area (Å²) in [6.07, 6.45) is 3.35. The largest absolute Gasteiger partial charge is 0.376 e. The molecule has 1 aromatic rings. The van der Waals surface area contributed by atoms with E-state index >= 15 is 0 Å². The highest BCUT2D eigenvalue weighted by molar-refractivity contribution is 5.77. The van der Waals surface area contributed by atoms with Crippen molar-refractivity contribution in [2.75, 3.05) is 26.4 Å². The summed E-state index contributed by atoms with van der Waals surface area (Å²) in [6, 6.07) is 1.84. The van der Waals surface area contributed by atoms with Gasteiger partial charge in [-0.15, -0.1) is 0 Å². The van der Waals surface area contributed by atoms with Crippen LogP contribution in [0.5, 0.6) is 0 Å². The molecule has 1 N–H and O–H groups in total. The predicted octanol–water partition coefficient (Wildman–Crippen LogP) is 0.562. The maximum Gasteiger partial charge on any atom is 0.348 e. The van der Waals surface area contributed by atoms with Crippen LogP contribution in [0.15, 0.2) is 10.9 Å². The number of nitrogens with one attached hydrogen (secondary N) is 1. The third-order valence-electron chi connectivity index (χ3n) is 3.81. The van der Waals surface area contributed by atoms with E-state index in [9.17, 15) is 9.59 Å². The molecule has 0 saturated carbocycles. The Labute approximate surface area is 136 Å². The highest BCUT2D eigenvalue weighted by Gasteiger charge is 2.14. The summed E-state index contributed by atoms with van der Waals surface area (Å²) in [7, 11) is 0. The first kappa shape index (κ1) is 17.6. The fraction of sp³-hybridized carbons (Fsp3) is 0.688. The van der Waals surface area contributed by atoms with Gasteiger partial charge >= 0.3 is 5.69 Å². The molecule has 1 aliphatic rings. The zero-order valence-electron chi connectivity index (χ0n) is 13.8. The van der Waals surface area contributed by atoms with Gasteiger partial charge in [0, 0.05) is 31.1 Å². The van der Waals surface area contributed by atoms with Crippen molar-refractivity contribution in [3.8, 4) is 0 Å². The second kappa shape index (κ2) is 8.79. The lowest BCUT2D eigenvalue weighted by Gasteiger charge is -2.22. The number of ether oxygens (including phenoxy) is 2. The van der Waals surface area contributed by atoms with E-state index in [-0.39, 0.29) is 24.3 Å². The van der Waals surface area contributed by atoms with E-state index in [0.717, 1.165) is 31.6 Å². The average Bonchev–Trinajstić information content (AvgIpc) is 2.51. The quantitative estimate of drug-likeness (QED) is 0.793. The van der Waals surface area contributed by atoms with Gasteiger partial charge in [0.1, 0.15) is 6.61 Å². The topological polar surface area (TPSA) is 82.5 Å². The van der Waals surface area contributed by atoms with Gasteiger partial charge in [-0.1, -0.05) is 0 Å². The van der Waals surface area contributed by atoms with Crippen molar-refractivity contribution >= 4 is 5.91 Å². The van der Waals surface area contributed by atoms with Gasteiger partial charge in [-0.25, -0.2) is 4.79 Å². The number of carbonyl (C=O) groups excluding carboxylic acids is 1. The molecule has 0 bridgehead atoms. The Morgan fingerprint density at radius 1 is 1.48 bits per heavy atom. The number of hydrogen-bond donors (Lipinski definition) is 1. The molecule has 1 aromatic heterocycles. The maximum atomic E-state index is 11.8. The highest BCUT2D eigenvalue weighted by Crippen LogP contribution is 2.12. The Kier molecular flexibility index (Phi) is 6.73. The predicted molar refractivity (Wildman–Crippen MR) is 85.4 cm³/mol. The molecule has 1 fully saturated rings. The molecule has 0 aliphatic carbocycles. The number of aromatic nitrogens is 2. The summed E-state index contributed by atoms with van der Waals surface area (Å²) >= 11 is 0. The van der Waals surface area contributed by atoms with Crippen molar-refractivity contribution in [3.05, 3.63) is 27.9 Å². The second-order valence-corrected chi connectivity index (χ2v) is 5.83. The van der Waals surface area contributed by atoms with Crippen LogP contribution in [0.2, 0.25) is 0 Å². The molecule has 1 atom stereocenters. The van der Waals surface area contributed by atoms with Crippen LogP contribution in [0.3, 0.4) is 0 Å². The normalized spacial score (nSPS) is 17.9. The van der Waals surface area contributed by atoms with Crippen molar-refractivity contribution in [1.82, 2.24) is 14.9 Å². The summed E-state index contributed by atoms with van der Waals surface area (Å²) in [5.41, 5.74) is 1.25. The first-order chi connectivity index (χ1) is 11.1. The van der Waals surface area contributed by atoms with E-state index in [1.165, 1.54) is 0 Å². The van der Waals surface area contributed by atoms with Crippen LogP contribution in [0.4, 0.5) is 0 Å². The monoisotopic (exact) mass is 323 g/mol. The van der Waals surface area contributed by atoms with E-state index in [4.69, 9.17) is 9.47 Å². The van der Waals surface area contributed by atoms with Crippen LogP contribution in [0.1, 0.15) is 30.7 Å². The first-order valence-electron chi connectivity index (χ1n) is 8.07. The third-order valence-corrected chi connectivity index (χ3v) is 3.81. The molecular weight excluding hydrogens is 298 g/mol. The van der Waals surface area contributed by atoms with Crippen molar-refractivity contribution in [2.24, 2.45) is 0 Å². The van der Waals surface area contributed by atoms with Crippen molar-refractivity contribution in [2.45, 2.75) is 45.8 Å². The van der Waals surface area contributed by atoms with Gasteiger partial charge in [-0.3, -0.25) is 9.36 Å². The van der Waals surface area contributed by atoms with E-state index in [1.807, 2.05) is 13.0 Å². The van der Waals surface area contributed by atoms with Crippen molar-refractivity contribution < 1.29 is 14.3 Å². The zero-order chi connectivity index (χ0) is 16.7. The Balaban J connectivity index is 1.66. The average molecular weight is 323 g/mol. The van der Waals surface area contributed by atoms with Gasteiger partial charge in [0.05, 0.1) is 12.7 Å². The molecule has 0 spiro atoms. The van der Waals surface area contributed by atoms with Crippen LogP contribution >= 0.6 is 0 Å². The summed E-state index contributed by atoms with van der Waals surface area (Å²) in [5.74, 6) is -0.188. The third kappa shape index (κ3) is 5.76. The fourth-order valence-electron chi connectivity index (χ4n) is 2.63. The molecule has 2 heterocycles. The molecule has 1 unspecified atom stereocenters. The number of nitrogens with zero attached hydrogens (tertiary/aromatic N) is 2. The summed E-state index contributed by atoms with van der Waals surface area (Å²) in [5, 5.41) is 2.75. The van der Waals surface area contributed by atoms with Gasteiger partial charge in [0.2, 0.25) is 5.91 Å². The minimum atomic E-state index is -0.289. The lowest BCUT2D eigenvalue weighted by atomic mass is 10.1. The first-order valence-corrected chi connectivity index (χ1v) is 8.07.